The Kier molecular flexibility index (Phi) is 7.71. The van der Waals surface area contributed by atoms with Crippen molar-refractivity contribution in [2.24, 2.45) is 0 Å². The Balaban J connectivity index is 1.62. The first-order valence-corrected chi connectivity index (χ1v) is 12.4. The lowest BCUT2D eigenvalue weighted by Crippen LogP contribution is -2.08. The number of carbonyl (C=O) groups excluding carboxylic acids is 1. The van der Waals surface area contributed by atoms with Crippen LogP contribution in [0, 0.1) is 0 Å². The van der Waals surface area contributed by atoms with Gasteiger partial charge < -0.3 is 4.74 Å². The van der Waals surface area contributed by atoms with E-state index in [1.165, 1.54) is 5.56 Å². The molecule has 156 valence electrons. The smallest absolute Gasteiger partial charge is 0.339 e. The molecule has 0 aliphatic carbocycles. The van der Waals surface area contributed by atoms with E-state index in [9.17, 15) is 13.2 Å². The summed E-state index contributed by atoms with van der Waals surface area (Å²) in [6.07, 6.45) is 0.573. The van der Waals surface area contributed by atoms with E-state index in [4.69, 9.17) is 4.74 Å². The summed E-state index contributed by atoms with van der Waals surface area (Å²) in [5.74, 6) is 0.492. The minimum Gasteiger partial charge on any atom is -0.457 e. The molecule has 0 aliphatic heterocycles. The Morgan fingerprint density at radius 2 is 1.53 bits per heavy atom. The van der Waals surface area contributed by atoms with Gasteiger partial charge in [-0.3, -0.25) is 0 Å². The van der Waals surface area contributed by atoms with Crippen molar-refractivity contribution in [2.45, 2.75) is 35.5 Å². The van der Waals surface area contributed by atoms with Crippen LogP contribution in [0.2, 0.25) is 0 Å². The Hall–Kier alpha value is -2.57. The van der Waals surface area contributed by atoms with Gasteiger partial charge in [0.15, 0.2) is 9.84 Å². The van der Waals surface area contributed by atoms with Gasteiger partial charge in [-0.2, -0.15) is 0 Å². The van der Waals surface area contributed by atoms with Crippen molar-refractivity contribution in [1.29, 1.82) is 0 Å². The van der Waals surface area contributed by atoms with Crippen LogP contribution in [0.25, 0.3) is 0 Å². The number of rotatable bonds is 9. The zero-order valence-electron chi connectivity index (χ0n) is 16.8. The van der Waals surface area contributed by atoms with Crippen LogP contribution in [-0.2, 0) is 26.9 Å². The quantitative estimate of drug-likeness (QED) is 0.324. The minimum atomic E-state index is -3.25. The Bertz CT molecular complexity index is 1080. The van der Waals surface area contributed by atoms with Crippen molar-refractivity contribution >= 4 is 27.6 Å². The number of ether oxygens (including phenoxy) is 1. The fourth-order valence-corrected chi connectivity index (χ4v) is 5.22. The summed E-state index contributed by atoms with van der Waals surface area (Å²) in [6.45, 7) is 1.92. The maximum atomic E-state index is 12.6. The van der Waals surface area contributed by atoms with Crippen molar-refractivity contribution in [3.63, 3.8) is 0 Å². The molecule has 3 aromatic rings. The molecule has 0 aliphatic rings. The standard InChI is InChI=1S/C24H24O4S2/c1-2-16-30(26,27)21-14-12-19(13-15-21)17-28-24(25)22-10-6-7-11-23(22)29-18-20-8-4-3-5-9-20/h3-15H,2,16-18H2,1H3. The highest BCUT2D eigenvalue weighted by Gasteiger charge is 2.15. The summed E-state index contributed by atoms with van der Waals surface area (Å²) in [5, 5.41) is 0. The molecule has 0 N–H and O–H groups in total. The van der Waals surface area contributed by atoms with Gasteiger partial charge in [-0.1, -0.05) is 61.5 Å². The molecule has 0 saturated carbocycles. The van der Waals surface area contributed by atoms with Gasteiger partial charge in [0.2, 0.25) is 0 Å². The van der Waals surface area contributed by atoms with Crippen molar-refractivity contribution in [3.8, 4) is 0 Å². The summed E-state index contributed by atoms with van der Waals surface area (Å²) >= 11 is 1.59. The van der Waals surface area contributed by atoms with Crippen LogP contribution in [0.15, 0.2) is 88.7 Å². The Morgan fingerprint density at radius 1 is 0.867 bits per heavy atom. The van der Waals surface area contributed by atoms with Gasteiger partial charge in [0.1, 0.15) is 6.61 Å². The summed E-state index contributed by atoms with van der Waals surface area (Å²) in [5.41, 5.74) is 2.46. The van der Waals surface area contributed by atoms with Crippen molar-refractivity contribution in [1.82, 2.24) is 0 Å². The molecule has 0 radical (unpaired) electrons. The van der Waals surface area contributed by atoms with Gasteiger partial charge >= 0.3 is 5.97 Å². The van der Waals surface area contributed by atoms with Gasteiger partial charge in [-0.15, -0.1) is 11.8 Å². The highest BCUT2D eigenvalue weighted by molar-refractivity contribution is 7.98. The van der Waals surface area contributed by atoms with E-state index in [1.807, 2.05) is 43.3 Å². The number of hydrogen-bond acceptors (Lipinski definition) is 5. The van der Waals surface area contributed by atoms with Crippen LogP contribution in [-0.4, -0.2) is 20.1 Å². The van der Waals surface area contributed by atoms with Crippen LogP contribution in [0.3, 0.4) is 0 Å². The molecular formula is C24H24O4S2. The highest BCUT2D eigenvalue weighted by Crippen LogP contribution is 2.27. The molecule has 0 atom stereocenters. The summed E-state index contributed by atoms with van der Waals surface area (Å²) in [7, 11) is -3.25. The molecule has 4 nitrogen and oxygen atoms in total. The number of hydrogen-bond donors (Lipinski definition) is 0. The van der Waals surface area contributed by atoms with Crippen LogP contribution in [0.1, 0.15) is 34.8 Å². The second-order valence-corrected chi connectivity index (χ2v) is 9.94. The van der Waals surface area contributed by atoms with Crippen molar-refractivity contribution in [3.05, 3.63) is 95.6 Å². The van der Waals surface area contributed by atoms with Gasteiger partial charge in [-0.25, -0.2) is 13.2 Å². The molecule has 3 rings (SSSR count). The summed E-state index contributed by atoms with van der Waals surface area (Å²) < 4.78 is 29.7. The Labute approximate surface area is 182 Å². The van der Waals surface area contributed by atoms with E-state index in [-0.39, 0.29) is 12.4 Å². The van der Waals surface area contributed by atoms with Crippen LogP contribution >= 0.6 is 11.8 Å². The monoisotopic (exact) mass is 440 g/mol. The number of thioether (sulfide) groups is 1. The lowest BCUT2D eigenvalue weighted by atomic mass is 10.2. The molecule has 30 heavy (non-hydrogen) atoms. The highest BCUT2D eigenvalue weighted by atomic mass is 32.2. The molecule has 0 amide bonds. The van der Waals surface area contributed by atoms with E-state index in [1.54, 1.807) is 42.1 Å². The molecule has 0 heterocycles. The fourth-order valence-electron chi connectivity index (χ4n) is 2.90. The summed E-state index contributed by atoms with van der Waals surface area (Å²) in [4.78, 5) is 13.8. The molecule has 0 fully saturated rings. The third-order valence-corrected chi connectivity index (χ3v) is 7.55. The van der Waals surface area contributed by atoms with Gasteiger partial charge in [0.25, 0.3) is 0 Å². The topological polar surface area (TPSA) is 60.4 Å². The molecule has 0 spiro atoms. The van der Waals surface area contributed by atoms with E-state index < -0.39 is 15.8 Å². The number of esters is 1. The zero-order valence-corrected chi connectivity index (χ0v) is 18.4. The average Bonchev–Trinajstić information content (AvgIpc) is 2.77. The van der Waals surface area contributed by atoms with Gasteiger partial charge in [0.05, 0.1) is 16.2 Å². The van der Waals surface area contributed by atoms with Crippen LogP contribution < -0.4 is 0 Å². The third-order valence-electron chi connectivity index (χ3n) is 4.47. The maximum absolute atomic E-state index is 12.6. The first-order chi connectivity index (χ1) is 14.5. The van der Waals surface area contributed by atoms with E-state index >= 15 is 0 Å². The SMILES string of the molecule is CCCS(=O)(=O)c1ccc(COC(=O)c2ccccc2SCc2ccccc2)cc1. The number of carbonyl (C=O) groups is 1. The first kappa shape index (κ1) is 22.1. The number of sulfone groups is 1. The predicted octanol–water partition coefficient (Wildman–Crippen LogP) is 5.52. The second-order valence-electron chi connectivity index (χ2n) is 6.81. The molecule has 6 heteroatoms. The Morgan fingerprint density at radius 3 is 2.23 bits per heavy atom. The van der Waals surface area contributed by atoms with Crippen LogP contribution in [0.5, 0.6) is 0 Å². The summed E-state index contributed by atoms with van der Waals surface area (Å²) in [6, 6.07) is 24.0. The van der Waals surface area contributed by atoms with E-state index in [0.717, 1.165) is 16.2 Å². The molecule has 0 aromatic heterocycles. The largest absolute Gasteiger partial charge is 0.457 e. The molecule has 0 unspecified atom stereocenters. The van der Waals surface area contributed by atoms with Gasteiger partial charge in [0, 0.05) is 10.6 Å². The third kappa shape index (κ3) is 5.97. The number of benzene rings is 3. The second kappa shape index (κ2) is 10.5. The molecule has 3 aromatic carbocycles. The molecule has 0 bridgehead atoms. The van der Waals surface area contributed by atoms with E-state index in [0.29, 0.717) is 16.9 Å². The molecular weight excluding hydrogens is 416 g/mol. The van der Waals surface area contributed by atoms with Crippen molar-refractivity contribution < 1.29 is 17.9 Å². The lowest BCUT2D eigenvalue weighted by Gasteiger charge is -2.10. The van der Waals surface area contributed by atoms with Gasteiger partial charge in [-0.05, 0) is 41.8 Å². The molecule has 0 saturated heterocycles. The zero-order chi connectivity index (χ0) is 21.4. The minimum absolute atomic E-state index is 0.0879. The van der Waals surface area contributed by atoms with Crippen molar-refractivity contribution in [2.75, 3.05) is 5.75 Å². The normalized spacial score (nSPS) is 11.2. The fraction of sp³-hybridized carbons (Fsp3) is 0.208. The maximum Gasteiger partial charge on any atom is 0.339 e. The van der Waals surface area contributed by atoms with Crippen LogP contribution in [0.4, 0.5) is 0 Å². The lowest BCUT2D eigenvalue weighted by molar-refractivity contribution is 0.0468. The predicted molar refractivity (Wildman–Crippen MR) is 120 cm³/mol. The first-order valence-electron chi connectivity index (χ1n) is 9.74. The average molecular weight is 441 g/mol. The van der Waals surface area contributed by atoms with E-state index in [2.05, 4.69) is 12.1 Å².